The van der Waals surface area contributed by atoms with E-state index in [2.05, 4.69) is 25.4 Å². The number of hydrogen-bond acceptors (Lipinski definition) is 6. The molecule has 1 saturated carbocycles. The van der Waals surface area contributed by atoms with Gasteiger partial charge in [0.25, 0.3) is 0 Å². The van der Waals surface area contributed by atoms with Crippen LogP contribution in [0.2, 0.25) is 0 Å². The van der Waals surface area contributed by atoms with Crippen LogP contribution in [0.3, 0.4) is 0 Å². The molecule has 1 atom stereocenters. The molecule has 2 heterocycles. The molecule has 7 heteroatoms. The van der Waals surface area contributed by atoms with Crippen LogP contribution in [-0.4, -0.2) is 38.4 Å². The van der Waals surface area contributed by atoms with Gasteiger partial charge in [0, 0.05) is 30.1 Å². The van der Waals surface area contributed by atoms with Crippen molar-refractivity contribution in [2.75, 3.05) is 6.54 Å². The standard InChI is InChI=1S/C21H26N6O/c22-27-19(20-17-10-11-23-21(17)26-13-25-20)15-6-8-16(9-7-15)24-12-18(28)14-4-2-1-3-5-14/h1-5,10-11,13,15-16,18,24,28H,6-9,12,22H2,(H,23,25,26)/t15?,16?,18-/m0/s1. The summed E-state index contributed by atoms with van der Waals surface area (Å²) in [6.07, 6.45) is 6.95. The first-order valence-corrected chi connectivity index (χ1v) is 9.79. The van der Waals surface area contributed by atoms with Crippen molar-refractivity contribution in [1.29, 1.82) is 0 Å². The number of aromatic amines is 1. The van der Waals surface area contributed by atoms with E-state index in [9.17, 15) is 5.11 Å². The Balaban J connectivity index is 1.35. The van der Waals surface area contributed by atoms with Crippen LogP contribution in [0.25, 0.3) is 11.0 Å². The molecule has 0 spiro atoms. The van der Waals surface area contributed by atoms with E-state index in [-0.39, 0.29) is 5.92 Å². The fraction of sp³-hybridized carbons (Fsp3) is 0.381. The Bertz CT molecular complexity index is 930. The number of aliphatic hydroxyl groups excluding tert-OH is 1. The number of nitrogens with two attached hydrogens (primary N) is 1. The van der Waals surface area contributed by atoms with Gasteiger partial charge in [-0.15, -0.1) is 0 Å². The second kappa shape index (κ2) is 8.50. The SMILES string of the molecule is NN=C(c1ncnc2[nH]ccc12)C1CCC(NC[C@H](O)c2ccccc2)CC1. The molecule has 28 heavy (non-hydrogen) atoms. The molecule has 3 aromatic rings. The monoisotopic (exact) mass is 378 g/mol. The van der Waals surface area contributed by atoms with Crippen LogP contribution in [0, 0.1) is 5.92 Å². The number of nitrogens with zero attached hydrogens (tertiary/aromatic N) is 3. The van der Waals surface area contributed by atoms with Gasteiger partial charge in [-0.3, -0.25) is 0 Å². The number of aromatic nitrogens is 3. The number of nitrogens with one attached hydrogen (secondary N) is 2. The molecule has 0 amide bonds. The van der Waals surface area contributed by atoms with E-state index in [1.807, 2.05) is 42.6 Å². The van der Waals surface area contributed by atoms with Crippen LogP contribution in [0.4, 0.5) is 0 Å². The molecule has 0 unspecified atom stereocenters. The molecule has 0 bridgehead atoms. The number of hydrogen-bond donors (Lipinski definition) is 4. The van der Waals surface area contributed by atoms with Gasteiger partial charge >= 0.3 is 0 Å². The average Bonchev–Trinajstić information content (AvgIpc) is 3.24. The Morgan fingerprint density at radius 2 is 1.96 bits per heavy atom. The summed E-state index contributed by atoms with van der Waals surface area (Å²) >= 11 is 0. The topological polar surface area (TPSA) is 112 Å². The quantitative estimate of drug-likeness (QED) is 0.299. The van der Waals surface area contributed by atoms with Crippen molar-refractivity contribution in [3.05, 3.63) is 60.2 Å². The van der Waals surface area contributed by atoms with Crippen molar-refractivity contribution in [3.63, 3.8) is 0 Å². The van der Waals surface area contributed by atoms with Gasteiger partial charge in [0.2, 0.25) is 0 Å². The summed E-state index contributed by atoms with van der Waals surface area (Å²) < 4.78 is 0. The average molecular weight is 378 g/mol. The first-order chi connectivity index (χ1) is 13.8. The third-order valence-electron chi connectivity index (χ3n) is 5.63. The van der Waals surface area contributed by atoms with Crippen LogP contribution in [0.1, 0.15) is 43.0 Å². The van der Waals surface area contributed by atoms with E-state index >= 15 is 0 Å². The van der Waals surface area contributed by atoms with Crippen LogP contribution in [0.5, 0.6) is 0 Å². The fourth-order valence-electron chi connectivity index (χ4n) is 4.08. The van der Waals surface area contributed by atoms with Crippen LogP contribution >= 0.6 is 0 Å². The van der Waals surface area contributed by atoms with E-state index in [0.29, 0.717) is 12.6 Å². The van der Waals surface area contributed by atoms with Crippen molar-refractivity contribution in [2.45, 2.75) is 37.8 Å². The van der Waals surface area contributed by atoms with Crippen LogP contribution < -0.4 is 11.2 Å². The zero-order valence-electron chi connectivity index (χ0n) is 15.8. The molecule has 1 fully saturated rings. The molecule has 1 aromatic carbocycles. The van der Waals surface area contributed by atoms with E-state index in [4.69, 9.17) is 5.84 Å². The molecule has 146 valence electrons. The first-order valence-electron chi connectivity index (χ1n) is 9.79. The molecule has 2 aromatic heterocycles. The molecule has 7 nitrogen and oxygen atoms in total. The van der Waals surface area contributed by atoms with Crippen molar-refractivity contribution in [2.24, 2.45) is 16.9 Å². The highest BCUT2D eigenvalue weighted by molar-refractivity contribution is 6.09. The summed E-state index contributed by atoms with van der Waals surface area (Å²) in [5, 5.41) is 18.9. The third-order valence-corrected chi connectivity index (χ3v) is 5.63. The summed E-state index contributed by atoms with van der Waals surface area (Å²) in [5.41, 5.74) is 3.43. The summed E-state index contributed by atoms with van der Waals surface area (Å²) in [6, 6.07) is 12.1. The number of aliphatic hydroxyl groups is 1. The maximum absolute atomic E-state index is 10.3. The molecule has 4 rings (SSSR count). The Kier molecular flexibility index (Phi) is 5.64. The second-order valence-corrected chi connectivity index (χ2v) is 7.36. The van der Waals surface area contributed by atoms with Crippen LogP contribution in [0.15, 0.2) is 54.0 Å². The van der Waals surface area contributed by atoms with Gasteiger partial charge in [-0.1, -0.05) is 30.3 Å². The molecule has 0 radical (unpaired) electrons. The lowest BCUT2D eigenvalue weighted by Crippen LogP contribution is -2.37. The summed E-state index contributed by atoms with van der Waals surface area (Å²) in [7, 11) is 0. The number of rotatable bonds is 6. The van der Waals surface area contributed by atoms with Crippen molar-refractivity contribution in [1.82, 2.24) is 20.3 Å². The predicted octanol–water partition coefficient (Wildman–Crippen LogP) is 2.50. The Morgan fingerprint density at radius 1 is 1.18 bits per heavy atom. The lowest BCUT2D eigenvalue weighted by Gasteiger charge is -2.30. The van der Waals surface area contributed by atoms with E-state index < -0.39 is 6.10 Å². The minimum absolute atomic E-state index is 0.287. The zero-order valence-corrected chi connectivity index (χ0v) is 15.8. The predicted molar refractivity (Wildman–Crippen MR) is 110 cm³/mol. The largest absolute Gasteiger partial charge is 0.387 e. The fourth-order valence-corrected chi connectivity index (χ4v) is 4.08. The van der Waals surface area contributed by atoms with Crippen molar-refractivity contribution in [3.8, 4) is 0 Å². The molecular weight excluding hydrogens is 352 g/mol. The molecule has 0 saturated heterocycles. The van der Waals surface area contributed by atoms with Gasteiger partial charge < -0.3 is 21.2 Å². The molecule has 5 N–H and O–H groups in total. The Hall–Kier alpha value is -2.77. The highest BCUT2D eigenvalue weighted by atomic mass is 16.3. The number of hydrazone groups is 1. The van der Waals surface area contributed by atoms with Gasteiger partial charge in [-0.25, -0.2) is 9.97 Å². The van der Waals surface area contributed by atoms with Crippen molar-refractivity contribution < 1.29 is 5.11 Å². The third kappa shape index (κ3) is 3.90. The minimum Gasteiger partial charge on any atom is -0.387 e. The normalized spacial score (nSPS) is 21.7. The molecule has 1 aliphatic carbocycles. The summed E-state index contributed by atoms with van der Waals surface area (Å²) in [4.78, 5) is 11.8. The van der Waals surface area contributed by atoms with Crippen LogP contribution in [-0.2, 0) is 0 Å². The summed E-state index contributed by atoms with van der Waals surface area (Å²) in [6.45, 7) is 0.563. The lowest BCUT2D eigenvalue weighted by molar-refractivity contribution is 0.164. The molecule has 0 aliphatic heterocycles. The maximum atomic E-state index is 10.3. The van der Waals surface area contributed by atoms with Gasteiger partial charge in [0.05, 0.1) is 17.5 Å². The number of benzene rings is 1. The van der Waals surface area contributed by atoms with Gasteiger partial charge in [-0.2, -0.15) is 5.10 Å². The highest BCUT2D eigenvalue weighted by Gasteiger charge is 2.27. The Morgan fingerprint density at radius 3 is 2.71 bits per heavy atom. The van der Waals surface area contributed by atoms with E-state index in [1.165, 1.54) is 0 Å². The minimum atomic E-state index is -0.483. The number of fused-ring (bicyclic) bond motifs is 1. The first kappa shape index (κ1) is 18.6. The Labute approximate surface area is 164 Å². The second-order valence-electron chi connectivity index (χ2n) is 7.36. The molecule has 1 aliphatic rings. The molecular formula is C21H26N6O. The van der Waals surface area contributed by atoms with Gasteiger partial charge in [0.1, 0.15) is 12.0 Å². The van der Waals surface area contributed by atoms with Crippen molar-refractivity contribution >= 4 is 16.7 Å². The van der Waals surface area contributed by atoms with Gasteiger partial charge in [0.15, 0.2) is 0 Å². The lowest BCUT2D eigenvalue weighted by atomic mass is 9.81. The zero-order chi connectivity index (χ0) is 19.3. The van der Waals surface area contributed by atoms with Gasteiger partial charge in [-0.05, 0) is 37.3 Å². The number of H-pyrrole nitrogens is 1. The van der Waals surface area contributed by atoms with E-state index in [1.54, 1.807) is 6.33 Å². The summed E-state index contributed by atoms with van der Waals surface area (Å²) in [5.74, 6) is 6.05. The highest BCUT2D eigenvalue weighted by Crippen LogP contribution is 2.29. The maximum Gasteiger partial charge on any atom is 0.141 e. The van der Waals surface area contributed by atoms with E-state index in [0.717, 1.165) is 53.7 Å². The smallest absolute Gasteiger partial charge is 0.141 e.